The molecule has 1 aliphatic heterocycles. The van der Waals surface area contributed by atoms with Crippen LogP contribution in [0.2, 0.25) is 5.02 Å². The molecule has 2 aliphatic carbocycles. The van der Waals surface area contributed by atoms with E-state index in [4.69, 9.17) is 11.6 Å². The predicted molar refractivity (Wildman–Crippen MR) is 203 cm³/mol. The van der Waals surface area contributed by atoms with E-state index in [9.17, 15) is 14.4 Å². The van der Waals surface area contributed by atoms with Crippen LogP contribution in [0.1, 0.15) is 66.2 Å². The second-order valence-electron chi connectivity index (χ2n) is 12.6. The molecule has 50 heavy (non-hydrogen) atoms. The quantitative estimate of drug-likeness (QED) is 0.188. The molecule has 0 unspecified atom stereocenters. The summed E-state index contributed by atoms with van der Waals surface area (Å²) in [5.41, 5.74) is 8.28. The molecule has 2 N–H and O–H groups in total. The molecule has 8 rings (SSSR count). The lowest BCUT2D eigenvalue weighted by atomic mass is 9.83. The topological polar surface area (TPSA) is 75.3 Å². The Morgan fingerprint density at radius 3 is 2.40 bits per heavy atom. The van der Waals surface area contributed by atoms with Crippen molar-refractivity contribution in [2.24, 2.45) is 0 Å². The van der Waals surface area contributed by atoms with E-state index in [0.717, 1.165) is 61.7 Å². The van der Waals surface area contributed by atoms with Crippen molar-refractivity contribution in [3.05, 3.63) is 180 Å². The lowest BCUT2D eigenvalue weighted by molar-refractivity contribution is 0.102. The van der Waals surface area contributed by atoms with Crippen LogP contribution in [0, 0.1) is 24.3 Å². The summed E-state index contributed by atoms with van der Waals surface area (Å²) >= 11 is 6.39. The Morgan fingerprint density at radius 2 is 1.56 bits per heavy atom. The van der Waals surface area contributed by atoms with Gasteiger partial charge in [-0.1, -0.05) is 84.4 Å². The van der Waals surface area contributed by atoms with Crippen LogP contribution in [0.4, 0.5) is 11.4 Å². The smallest absolute Gasteiger partial charge is 0.255 e. The van der Waals surface area contributed by atoms with Gasteiger partial charge < -0.3 is 10.6 Å². The van der Waals surface area contributed by atoms with E-state index in [0.29, 0.717) is 33.8 Å². The number of amides is 1. The van der Waals surface area contributed by atoms with E-state index in [1.54, 1.807) is 30.3 Å². The molecule has 0 aromatic heterocycles. The van der Waals surface area contributed by atoms with Crippen molar-refractivity contribution in [2.75, 3.05) is 10.6 Å². The molecule has 3 aliphatic rings. The number of para-hydroxylation sites is 1. The van der Waals surface area contributed by atoms with Crippen LogP contribution >= 0.6 is 11.6 Å². The fourth-order valence-electron chi connectivity index (χ4n) is 6.94. The number of allylic oxidation sites excluding steroid dienone is 2. The Labute approximate surface area is 295 Å². The minimum atomic E-state index is -0.184. The van der Waals surface area contributed by atoms with E-state index in [-0.39, 0.29) is 17.5 Å². The Morgan fingerprint density at radius 1 is 0.760 bits per heavy atom. The lowest BCUT2D eigenvalue weighted by Crippen LogP contribution is -2.28. The summed E-state index contributed by atoms with van der Waals surface area (Å²) in [6, 6.07) is 30.6. The third-order valence-electron chi connectivity index (χ3n) is 9.43. The Hall–Kier alpha value is -5.78. The van der Waals surface area contributed by atoms with Gasteiger partial charge in [-0.05, 0) is 120 Å². The molecule has 0 atom stereocenters. The van der Waals surface area contributed by atoms with Gasteiger partial charge in [-0.15, -0.1) is 0 Å². The van der Waals surface area contributed by atoms with Crippen LogP contribution in [0.5, 0.6) is 0 Å². The summed E-state index contributed by atoms with van der Waals surface area (Å²) in [5.74, 6) is -0.293. The number of rotatable bonds is 4. The molecule has 246 valence electrons. The molecule has 0 spiro atoms. The average molecular weight is 675 g/mol. The van der Waals surface area contributed by atoms with Crippen LogP contribution in [0.3, 0.4) is 0 Å². The van der Waals surface area contributed by atoms with Gasteiger partial charge in [0, 0.05) is 50.1 Å². The Balaban J connectivity index is 0.000000302. The number of nitrogens with one attached hydrogen (secondary N) is 2. The zero-order valence-corrected chi connectivity index (χ0v) is 28.6. The first-order valence-corrected chi connectivity index (χ1v) is 17.1. The lowest BCUT2D eigenvalue weighted by Gasteiger charge is -2.20. The molecule has 1 amide bonds. The molecule has 0 saturated carbocycles. The molecule has 5 aromatic carbocycles. The number of benzene rings is 5. The van der Waals surface area contributed by atoms with Crippen LogP contribution in [0.15, 0.2) is 115 Å². The zero-order chi connectivity index (χ0) is 34.8. The fraction of sp³-hybridized carbons (Fsp3) is 0.114. The van der Waals surface area contributed by atoms with Gasteiger partial charge in [-0.3, -0.25) is 14.4 Å². The average Bonchev–Trinajstić information content (AvgIpc) is 3.38. The summed E-state index contributed by atoms with van der Waals surface area (Å²) in [4.78, 5) is 39.9. The number of fused-ring (bicyclic) bond motifs is 5. The molecule has 0 fully saturated rings. The van der Waals surface area contributed by atoms with Crippen molar-refractivity contribution in [1.82, 2.24) is 0 Å². The largest absolute Gasteiger partial charge is 0.361 e. The number of halogens is 1. The number of hydrogen-bond acceptors (Lipinski definition) is 4. The fourth-order valence-corrected chi connectivity index (χ4v) is 7.17. The normalized spacial score (nSPS) is 13.6. The number of hydrogen-bond donors (Lipinski definition) is 2. The summed E-state index contributed by atoms with van der Waals surface area (Å²) in [5, 5.41) is 10.1. The van der Waals surface area contributed by atoms with Gasteiger partial charge in [-0.2, -0.15) is 0 Å². The first-order valence-electron chi connectivity index (χ1n) is 16.7. The standard InChI is InChI=1S/C34H26ClNO3.C10H9N/c1-19-7-3-4-8-23(19)34(39)36-21-13-14-22(20(2)17-21)33(38)28-11-5-10-26-25(28)15-16-27-24-9-6-12-30(35)29(24)18-31(37)32(26)27;1-2-7-10-9(5-1)6-3-4-8-11-10/h3-4,6-9,12-18H,5,10-11H2,1-2H3,(H,36,39);1-8,11H. The third kappa shape index (κ3) is 6.36. The second kappa shape index (κ2) is 14.0. The predicted octanol–water partition coefficient (Wildman–Crippen LogP) is 8.48. The number of ketones is 2. The maximum Gasteiger partial charge on any atom is 0.255 e. The highest BCUT2D eigenvalue weighted by molar-refractivity contribution is 6.32. The van der Waals surface area contributed by atoms with Gasteiger partial charge >= 0.3 is 0 Å². The number of Topliss-reactive ketones (excluding diaryl/α,β-unsaturated/α-hetero) is 2. The van der Waals surface area contributed by atoms with E-state index in [1.807, 2.05) is 92.9 Å². The minimum absolute atomic E-state index is 0.0409. The van der Waals surface area contributed by atoms with Gasteiger partial charge in [0.05, 0.1) is 0 Å². The van der Waals surface area contributed by atoms with Gasteiger partial charge in [0.25, 0.3) is 5.91 Å². The summed E-state index contributed by atoms with van der Waals surface area (Å²) in [7, 11) is 0. The first kappa shape index (κ1) is 32.8. The van der Waals surface area contributed by atoms with Crippen molar-refractivity contribution < 1.29 is 14.4 Å². The summed E-state index contributed by atoms with van der Waals surface area (Å²) < 4.78 is 0. The van der Waals surface area contributed by atoms with Crippen molar-refractivity contribution in [3.63, 3.8) is 0 Å². The van der Waals surface area contributed by atoms with Gasteiger partial charge in [-0.25, -0.2) is 0 Å². The SMILES string of the molecule is C1=CNc2ccccc2C=C1.Cc1ccccc1C(=O)Nc1ccc(C(=O)C2=c3ccc4c(c3CCC2)C(=O)C=c2c(Cl)cccc2=4)c(C)c1. The molecule has 0 bridgehead atoms. The van der Waals surface area contributed by atoms with E-state index < -0.39 is 0 Å². The molecule has 0 saturated heterocycles. The maximum absolute atomic E-state index is 13.8. The molecule has 5 nitrogen and oxygen atoms in total. The monoisotopic (exact) mass is 674 g/mol. The molecular formula is C44H35ClN2O3. The number of carbonyl (C=O) groups is 3. The zero-order valence-electron chi connectivity index (χ0n) is 27.8. The maximum atomic E-state index is 13.8. The van der Waals surface area contributed by atoms with Crippen molar-refractivity contribution in [1.29, 1.82) is 0 Å². The summed E-state index contributed by atoms with van der Waals surface area (Å²) in [6.07, 6.45) is 11.8. The Bertz CT molecular complexity index is 2510. The summed E-state index contributed by atoms with van der Waals surface area (Å²) in [6.45, 7) is 3.78. The second-order valence-corrected chi connectivity index (χ2v) is 13.0. The van der Waals surface area contributed by atoms with Crippen molar-refractivity contribution in [2.45, 2.75) is 33.1 Å². The number of anilines is 2. The Kier molecular flexibility index (Phi) is 9.16. The molecule has 0 radical (unpaired) electrons. The highest BCUT2D eigenvalue weighted by atomic mass is 35.5. The number of aryl methyl sites for hydroxylation is 2. The van der Waals surface area contributed by atoms with E-state index in [1.165, 1.54) is 5.56 Å². The van der Waals surface area contributed by atoms with Crippen molar-refractivity contribution >= 4 is 58.2 Å². The van der Waals surface area contributed by atoms with Crippen LogP contribution in [-0.2, 0) is 6.42 Å². The molecular weight excluding hydrogens is 640 g/mol. The van der Waals surface area contributed by atoms with Crippen LogP contribution in [-0.4, -0.2) is 17.5 Å². The van der Waals surface area contributed by atoms with Gasteiger partial charge in [0.15, 0.2) is 11.6 Å². The molecule has 5 aromatic rings. The van der Waals surface area contributed by atoms with Gasteiger partial charge in [0.1, 0.15) is 0 Å². The molecule has 6 heteroatoms. The highest BCUT2D eigenvalue weighted by Gasteiger charge is 2.24. The van der Waals surface area contributed by atoms with E-state index in [2.05, 4.69) is 28.8 Å². The number of carbonyl (C=O) groups excluding carboxylic acids is 3. The van der Waals surface area contributed by atoms with Crippen molar-refractivity contribution in [3.8, 4) is 0 Å². The minimum Gasteiger partial charge on any atom is -0.361 e. The van der Waals surface area contributed by atoms with E-state index >= 15 is 0 Å². The van der Waals surface area contributed by atoms with Crippen LogP contribution < -0.4 is 21.1 Å². The van der Waals surface area contributed by atoms with Crippen LogP contribution in [0.25, 0.3) is 17.7 Å². The molecule has 1 heterocycles. The first-order chi connectivity index (χ1) is 24.3. The third-order valence-corrected chi connectivity index (χ3v) is 9.76. The highest BCUT2D eigenvalue weighted by Crippen LogP contribution is 2.26. The van der Waals surface area contributed by atoms with Gasteiger partial charge in [0.2, 0.25) is 0 Å².